The van der Waals surface area contributed by atoms with Crippen LogP contribution in [0, 0.1) is 5.92 Å². The van der Waals surface area contributed by atoms with Crippen LogP contribution in [0.5, 0.6) is 0 Å². The van der Waals surface area contributed by atoms with Gasteiger partial charge in [-0.1, -0.05) is 6.07 Å². The highest BCUT2D eigenvalue weighted by atomic mass is 16.2. The molecule has 0 radical (unpaired) electrons. The van der Waals surface area contributed by atoms with Gasteiger partial charge >= 0.3 is 0 Å². The summed E-state index contributed by atoms with van der Waals surface area (Å²) >= 11 is 0. The first-order valence-corrected chi connectivity index (χ1v) is 8.12. The van der Waals surface area contributed by atoms with Gasteiger partial charge in [0.2, 0.25) is 5.91 Å². The van der Waals surface area contributed by atoms with E-state index in [2.05, 4.69) is 14.8 Å². The average molecular weight is 303 g/mol. The summed E-state index contributed by atoms with van der Waals surface area (Å²) in [5.74, 6) is 1.77. The van der Waals surface area contributed by atoms with E-state index in [0.717, 1.165) is 51.5 Å². The molecule has 6 heteroatoms. The number of anilines is 1. The summed E-state index contributed by atoms with van der Waals surface area (Å²) in [6, 6.07) is 5.99. The lowest BCUT2D eigenvalue weighted by molar-refractivity contribution is -0.131. The predicted octanol–water partition coefficient (Wildman–Crippen LogP) is 0.0108. The minimum Gasteiger partial charge on any atom is -0.354 e. The Bertz CT molecular complexity index is 487. The second-order valence-corrected chi connectivity index (χ2v) is 6.18. The molecule has 2 aliphatic heterocycles. The normalized spacial score (nSPS) is 23.0. The van der Waals surface area contributed by atoms with Crippen LogP contribution in [0.25, 0.3) is 0 Å². The van der Waals surface area contributed by atoms with E-state index in [-0.39, 0.29) is 5.91 Å². The summed E-state index contributed by atoms with van der Waals surface area (Å²) in [6.07, 6.45) is 2.88. The molecular formula is C16H25N5O. The topological polar surface area (TPSA) is 65.7 Å². The Morgan fingerprint density at radius 2 is 2.05 bits per heavy atom. The van der Waals surface area contributed by atoms with Crippen LogP contribution < -0.4 is 10.6 Å². The molecule has 120 valence electrons. The van der Waals surface area contributed by atoms with E-state index in [4.69, 9.17) is 5.73 Å². The molecule has 22 heavy (non-hydrogen) atoms. The minimum absolute atomic E-state index is 0.252. The third-order valence-electron chi connectivity index (χ3n) is 4.68. The van der Waals surface area contributed by atoms with Crippen molar-refractivity contribution in [2.24, 2.45) is 11.7 Å². The Morgan fingerprint density at radius 1 is 1.23 bits per heavy atom. The summed E-state index contributed by atoms with van der Waals surface area (Å²) in [5, 5.41) is 0. The number of rotatable bonds is 4. The van der Waals surface area contributed by atoms with Crippen molar-refractivity contribution >= 4 is 11.7 Å². The number of amides is 1. The number of carbonyl (C=O) groups excluding carboxylic acids is 1. The van der Waals surface area contributed by atoms with Gasteiger partial charge in [0.1, 0.15) is 5.82 Å². The molecule has 0 spiro atoms. The summed E-state index contributed by atoms with van der Waals surface area (Å²) in [5.41, 5.74) is 5.69. The monoisotopic (exact) mass is 303 g/mol. The van der Waals surface area contributed by atoms with Crippen molar-refractivity contribution in [2.75, 3.05) is 57.3 Å². The predicted molar refractivity (Wildman–Crippen MR) is 86.6 cm³/mol. The Labute approximate surface area is 131 Å². The van der Waals surface area contributed by atoms with Gasteiger partial charge in [-0.25, -0.2) is 4.98 Å². The molecule has 3 rings (SSSR count). The highest BCUT2D eigenvalue weighted by molar-refractivity contribution is 5.78. The maximum Gasteiger partial charge on any atom is 0.236 e. The first kappa shape index (κ1) is 15.2. The Balaban J connectivity index is 1.45. The minimum atomic E-state index is 0.252. The van der Waals surface area contributed by atoms with Crippen molar-refractivity contribution in [2.45, 2.75) is 6.42 Å². The number of piperazine rings is 1. The van der Waals surface area contributed by atoms with Crippen molar-refractivity contribution in [3.63, 3.8) is 0 Å². The fraction of sp³-hybridized carbons (Fsp3) is 0.625. The van der Waals surface area contributed by atoms with E-state index in [1.54, 1.807) is 0 Å². The summed E-state index contributed by atoms with van der Waals surface area (Å²) in [7, 11) is 0. The van der Waals surface area contributed by atoms with E-state index in [1.807, 2.05) is 29.3 Å². The number of hydrogen-bond acceptors (Lipinski definition) is 5. The average Bonchev–Trinajstić information content (AvgIpc) is 3.06. The molecule has 1 aromatic heterocycles. The third-order valence-corrected chi connectivity index (χ3v) is 4.68. The molecule has 2 aliphatic rings. The van der Waals surface area contributed by atoms with Gasteiger partial charge in [0.25, 0.3) is 0 Å². The summed E-state index contributed by atoms with van der Waals surface area (Å²) in [6.45, 7) is 6.61. The van der Waals surface area contributed by atoms with Gasteiger partial charge in [0, 0.05) is 45.5 Å². The molecule has 1 amide bonds. The zero-order chi connectivity index (χ0) is 15.4. The van der Waals surface area contributed by atoms with Gasteiger partial charge in [-0.2, -0.15) is 0 Å². The molecule has 6 nitrogen and oxygen atoms in total. The first-order chi connectivity index (χ1) is 10.8. The van der Waals surface area contributed by atoms with Gasteiger partial charge in [-0.05, 0) is 31.0 Å². The number of hydrogen-bond donors (Lipinski definition) is 1. The first-order valence-electron chi connectivity index (χ1n) is 8.12. The maximum absolute atomic E-state index is 12.3. The highest BCUT2D eigenvalue weighted by Gasteiger charge is 2.27. The van der Waals surface area contributed by atoms with Crippen LogP contribution >= 0.6 is 0 Å². The van der Waals surface area contributed by atoms with Gasteiger partial charge in [-0.3, -0.25) is 9.69 Å². The van der Waals surface area contributed by atoms with Crippen LogP contribution in [0.2, 0.25) is 0 Å². The van der Waals surface area contributed by atoms with E-state index in [9.17, 15) is 4.79 Å². The van der Waals surface area contributed by atoms with Crippen LogP contribution in [-0.2, 0) is 4.79 Å². The van der Waals surface area contributed by atoms with Crippen LogP contribution in [0.3, 0.4) is 0 Å². The van der Waals surface area contributed by atoms with Gasteiger partial charge in [-0.15, -0.1) is 0 Å². The second-order valence-electron chi connectivity index (χ2n) is 6.18. The number of aromatic nitrogens is 1. The smallest absolute Gasteiger partial charge is 0.236 e. The zero-order valence-corrected chi connectivity index (χ0v) is 13.0. The van der Waals surface area contributed by atoms with E-state index < -0.39 is 0 Å². The van der Waals surface area contributed by atoms with E-state index in [0.29, 0.717) is 19.0 Å². The summed E-state index contributed by atoms with van der Waals surface area (Å²) in [4.78, 5) is 23.2. The van der Waals surface area contributed by atoms with Crippen molar-refractivity contribution in [1.29, 1.82) is 0 Å². The fourth-order valence-corrected chi connectivity index (χ4v) is 3.22. The fourth-order valence-electron chi connectivity index (χ4n) is 3.22. The highest BCUT2D eigenvalue weighted by Crippen LogP contribution is 2.16. The van der Waals surface area contributed by atoms with Crippen molar-refractivity contribution < 1.29 is 4.79 Å². The Morgan fingerprint density at radius 3 is 2.68 bits per heavy atom. The lowest BCUT2D eigenvalue weighted by atomic mass is 10.1. The van der Waals surface area contributed by atoms with E-state index >= 15 is 0 Å². The molecule has 0 bridgehead atoms. The standard InChI is InChI=1S/C16H25N5O/c17-11-14-4-6-21(12-14)16(22)13-19-7-9-20(10-8-19)15-3-1-2-5-18-15/h1-3,5,14H,4,6-13,17H2. The molecule has 2 N–H and O–H groups in total. The number of carbonyl (C=O) groups is 1. The van der Waals surface area contributed by atoms with Crippen LogP contribution in [0.1, 0.15) is 6.42 Å². The molecule has 0 aliphatic carbocycles. The lowest BCUT2D eigenvalue weighted by Crippen LogP contribution is -2.50. The van der Waals surface area contributed by atoms with Gasteiger partial charge in [0.05, 0.1) is 6.54 Å². The van der Waals surface area contributed by atoms with Crippen LogP contribution in [-0.4, -0.2) is 73.0 Å². The molecule has 0 aromatic carbocycles. The molecule has 2 saturated heterocycles. The molecular weight excluding hydrogens is 278 g/mol. The summed E-state index contributed by atoms with van der Waals surface area (Å²) < 4.78 is 0. The number of pyridine rings is 1. The molecule has 3 heterocycles. The molecule has 0 saturated carbocycles. The number of likely N-dealkylation sites (tertiary alicyclic amines) is 1. The number of nitrogens with two attached hydrogens (primary N) is 1. The molecule has 1 unspecified atom stereocenters. The quantitative estimate of drug-likeness (QED) is 0.849. The van der Waals surface area contributed by atoms with Gasteiger partial charge < -0.3 is 15.5 Å². The third kappa shape index (κ3) is 3.56. The molecule has 1 atom stereocenters. The Hall–Kier alpha value is -1.66. The van der Waals surface area contributed by atoms with Crippen LogP contribution in [0.15, 0.2) is 24.4 Å². The van der Waals surface area contributed by atoms with Crippen molar-refractivity contribution in [3.05, 3.63) is 24.4 Å². The van der Waals surface area contributed by atoms with Gasteiger partial charge in [0.15, 0.2) is 0 Å². The van der Waals surface area contributed by atoms with Crippen molar-refractivity contribution in [3.8, 4) is 0 Å². The van der Waals surface area contributed by atoms with E-state index in [1.165, 1.54) is 0 Å². The maximum atomic E-state index is 12.3. The largest absolute Gasteiger partial charge is 0.354 e. The molecule has 2 fully saturated rings. The lowest BCUT2D eigenvalue weighted by Gasteiger charge is -2.35. The zero-order valence-electron chi connectivity index (χ0n) is 13.0. The van der Waals surface area contributed by atoms with Crippen molar-refractivity contribution in [1.82, 2.24) is 14.8 Å². The Kier molecular flexibility index (Phi) is 4.90. The number of nitrogens with zero attached hydrogens (tertiary/aromatic N) is 4. The SMILES string of the molecule is NCC1CCN(C(=O)CN2CCN(c3ccccn3)CC2)C1. The second kappa shape index (κ2) is 7.07. The van der Waals surface area contributed by atoms with Crippen LogP contribution in [0.4, 0.5) is 5.82 Å². The molecule has 1 aromatic rings.